The van der Waals surface area contributed by atoms with Crippen LogP contribution in [0.15, 0.2) is 48.5 Å². The predicted octanol–water partition coefficient (Wildman–Crippen LogP) is 5.69. The van der Waals surface area contributed by atoms with Crippen LogP contribution in [0.4, 0.5) is 0 Å². The fourth-order valence-electron chi connectivity index (χ4n) is 5.80. The summed E-state index contributed by atoms with van der Waals surface area (Å²) in [5.74, 6) is -1.19. The summed E-state index contributed by atoms with van der Waals surface area (Å²) < 4.78 is 144. The molecule has 2 saturated carbocycles. The molecular formula is C32H51ClN2O4. The van der Waals surface area contributed by atoms with Crippen LogP contribution in [0.2, 0.25) is 0 Å². The molecule has 0 aliphatic heterocycles. The van der Waals surface area contributed by atoms with Gasteiger partial charge in [0.05, 0.1) is 33.5 Å². The monoisotopic (exact) mass is 580 g/mol. The zero-order chi connectivity index (χ0) is 42.8. The summed E-state index contributed by atoms with van der Waals surface area (Å²) in [6.45, 7) is -12.0. The Morgan fingerprint density at radius 1 is 0.744 bits per heavy atom. The fraction of sp³-hybridized carbons (Fsp3) is 0.625. The summed E-state index contributed by atoms with van der Waals surface area (Å²) in [5, 5.41) is 22.8. The summed E-state index contributed by atoms with van der Waals surface area (Å²) in [6.07, 6.45) is 4.34. The van der Waals surface area contributed by atoms with E-state index in [1.807, 2.05) is 0 Å². The average Bonchev–Trinajstić information content (AvgIpc) is 3.00. The quantitative estimate of drug-likeness (QED) is 0.418. The third-order valence-electron chi connectivity index (χ3n) is 7.78. The molecular weight excluding hydrogens is 512 g/mol. The van der Waals surface area contributed by atoms with E-state index < -0.39 is 65.0 Å². The summed E-state index contributed by atoms with van der Waals surface area (Å²) in [6, 6.07) is 12.1. The first-order valence-electron chi connectivity index (χ1n) is 21.9. The molecule has 2 aromatic rings. The van der Waals surface area contributed by atoms with Gasteiger partial charge < -0.3 is 29.5 Å². The molecule has 0 saturated heterocycles. The van der Waals surface area contributed by atoms with Crippen LogP contribution in [0.3, 0.4) is 0 Å². The number of methoxy groups -OCH3 is 2. The molecule has 0 aromatic heterocycles. The molecule has 0 unspecified atom stereocenters. The molecule has 4 rings (SSSR count). The van der Waals surface area contributed by atoms with E-state index in [1.165, 1.54) is 24.3 Å². The van der Waals surface area contributed by atoms with Crippen LogP contribution >= 0.6 is 12.4 Å². The lowest BCUT2D eigenvalue weighted by molar-refractivity contribution is -0.0621. The van der Waals surface area contributed by atoms with E-state index in [-0.39, 0.29) is 37.0 Å². The maximum atomic E-state index is 11.4. The molecule has 0 heterocycles. The van der Waals surface area contributed by atoms with E-state index in [4.69, 9.17) is 34.1 Å². The van der Waals surface area contributed by atoms with E-state index in [9.17, 15) is 10.2 Å². The van der Waals surface area contributed by atoms with Crippen LogP contribution < -0.4 is 9.47 Å². The molecule has 0 bridgehead atoms. The number of halogens is 1. The number of ether oxygens (including phenoxy) is 2. The second-order valence-corrected chi connectivity index (χ2v) is 10.2. The van der Waals surface area contributed by atoms with Gasteiger partial charge in [0.15, 0.2) is 0 Å². The summed E-state index contributed by atoms with van der Waals surface area (Å²) in [7, 11) is -5.29. The molecule has 6 nitrogen and oxygen atoms in total. The van der Waals surface area contributed by atoms with Gasteiger partial charge in [-0.1, -0.05) is 49.9 Å². The van der Waals surface area contributed by atoms with Gasteiger partial charge in [-0.05, 0) is 89.0 Å². The van der Waals surface area contributed by atoms with Gasteiger partial charge in [-0.25, -0.2) is 0 Å². The van der Waals surface area contributed by atoms with Crippen molar-refractivity contribution in [3.63, 3.8) is 0 Å². The van der Waals surface area contributed by atoms with Crippen LogP contribution in [0.25, 0.3) is 0 Å². The molecule has 2 aromatic carbocycles. The van der Waals surface area contributed by atoms with Crippen LogP contribution in [-0.4, -0.2) is 75.1 Å². The number of nitrogens with zero attached hydrogens (tertiary/aromatic N) is 2. The standard InChI is InChI=1S/2C16H25NO2.ClH/c2*1-17(2)12-14-7-4-5-10-16(14,18)13-8-6-9-15(11-13)19-3;/h2*6,8-9,11,14,18H,4-5,7,10,12H2,1-3H3;1H/t2*14-,16+;/m11./s1/i2*1D3,2D3,3D3;. The van der Waals surface area contributed by atoms with Gasteiger partial charge in [0, 0.05) is 41.4 Å². The Balaban J connectivity index is 0.000000387. The highest BCUT2D eigenvalue weighted by Gasteiger charge is 2.41. The van der Waals surface area contributed by atoms with E-state index in [0.29, 0.717) is 59.5 Å². The molecule has 39 heavy (non-hydrogen) atoms. The van der Waals surface area contributed by atoms with E-state index >= 15 is 0 Å². The second kappa shape index (κ2) is 15.2. The minimum atomic E-state index is -2.84. The van der Waals surface area contributed by atoms with E-state index in [0.717, 1.165) is 12.8 Å². The molecule has 220 valence electrons. The predicted molar refractivity (Wildman–Crippen MR) is 162 cm³/mol. The van der Waals surface area contributed by atoms with E-state index in [1.54, 1.807) is 24.3 Å². The van der Waals surface area contributed by atoms with Crippen molar-refractivity contribution in [1.82, 2.24) is 9.80 Å². The Hall–Kier alpha value is -1.83. The molecule has 2 fully saturated rings. The van der Waals surface area contributed by atoms with Crippen LogP contribution in [0.5, 0.6) is 11.5 Å². The summed E-state index contributed by atoms with van der Waals surface area (Å²) in [4.78, 5) is 0.924. The third kappa shape index (κ3) is 8.58. The molecule has 0 amide bonds. The van der Waals surface area contributed by atoms with Crippen molar-refractivity contribution in [2.24, 2.45) is 11.8 Å². The smallest absolute Gasteiger partial charge is 0.119 e. The van der Waals surface area contributed by atoms with Crippen molar-refractivity contribution in [1.29, 1.82) is 0 Å². The average molecular weight is 581 g/mol. The Morgan fingerprint density at radius 3 is 1.56 bits per heavy atom. The maximum absolute atomic E-state index is 11.4. The topological polar surface area (TPSA) is 65.4 Å². The normalized spacial score (nSPS) is 35.6. The number of benzene rings is 2. The largest absolute Gasteiger partial charge is 0.497 e. The number of rotatable bonds is 8. The summed E-state index contributed by atoms with van der Waals surface area (Å²) >= 11 is 0. The first-order valence-corrected chi connectivity index (χ1v) is 12.9. The van der Waals surface area contributed by atoms with Crippen molar-refractivity contribution in [3.8, 4) is 11.5 Å². The van der Waals surface area contributed by atoms with Gasteiger partial charge in [0.2, 0.25) is 0 Å². The van der Waals surface area contributed by atoms with Crippen LogP contribution in [0, 0.1) is 11.8 Å². The van der Waals surface area contributed by atoms with Crippen LogP contribution in [-0.2, 0) is 11.2 Å². The first kappa shape index (κ1) is 15.4. The maximum Gasteiger partial charge on any atom is 0.119 e. The Kier molecular flexibility index (Phi) is 6.03. The third-order valence-corrected chi connectivity index (χ3v) is 7.78. The zero-order valence-electron chi connectivity index (χ0n) is 39.9. The van der Waals surface area contributed by atoms with Gasteiger partial charge >= 0.3 is 0 Å². The van der Waals surface area contributed by atoms with Gasteiger partial charge in [-0.15, -0.1) is 12.4 Å². The van der Waals surface area contributed by atoms with Gasteiger partial charge in [-0.3, -0.25) is 0 Å². The second-order valence-electron chi connectivity index (χ2n) is 10.2. The van der Waals surface area contributed by atoms with Crippen molar-refractivity contribution >= 4 is 12.4 Å². The Bertz CT molecular complexity index is 1440. The van der Waals surface area contributed by atoms with E-state index in [2.05, 4.69) is 0 Å². The highest BCUT2D eigenvalue weighted by atomic mass is 35.5. The fourth-order valence-corrected chi connectivity index (χ4v) is 5.80. The number of hydrogen-bond donors (Lipinski definition) is 2. The molecule has 0 radical (unpaired) electrons. The van der Waals surface area contributed by atoms with Gasteiger partial charge in [-0.2, -0.15) is 0 Å². The molecule has 0 spiro atoms. The SMILES string of the molecule is Cl.[2H]C([2H])([2H])Oc1cccc([C@@]2(O)CCCC[C@@H]2CN(C([2H])([2H])[2H])C([2H])([2H])[2H])c1.[2H]C([2H])([2H])Oc1cccc([C@@]2(O)CCCC[C@@H]2CN(C([2H])([2H])[2H])C([2H])([2H])[2H])c1. The first-order chi connectivity index (χ1) is 25.3. The Labute approximate surface area is 268 Å². The zero-order valence-corrected chi connectivity index (χ0v) is 22.7. The minimum absolute atomic E-state index is 0. The molecule has 4 atom stereocenters. The van der Waals surface area contributed by atoms with Crippen LogP contribution in [0.1, 0.15) is 87.2 Å². The van der Waals surface area contributed by atoms with Gasteiger partial charge in [0.1, 0.15) is 11.5 Å². The lowest BCUT2D eigenvalue weighted by atomic mass is 9.71. The Morgan fingerprint density at radius 2 is 1.18 bits per heavy atom. The van der Waals surface area contributed by atoms with Gasteiger partial charge in [0.25, 0.3) is 0 Å². The molecule has 7 heteroatoms. The number of aliphatic hydroxyl groups is 2. The molecule has 2 N–H and O–H groups in total. The highest BCUT2D eigenvalue weighted by Crippen LogP contribution is 2.44. The lowest BCUT2D eigenvalue weighted by Crippen LogP contribution is -2.43. The minimum Gasteiger partial charge on any atom is -0.497 e. The molecule has 2 aliphatic rings. The molecule has 2 aliphatic carbocycles. The van der Waals surface area contributed by atoms with Crippen molar-refractivity contribution in [2.45, 2.75) is 62.6 Å². The highest BCUT2D eigenvalue weighted by molar-refractivity contribution is 5.85. The van der Waals surface area contributed by atoms with Crippen molar-refractivity contribution in [3.05, 3.63) is 59.7 Å². The lowest BCUT2D eigenvalue weighted by Gasteiger charge is -2.41. The van der Waals surface area contributed by atoms with Crippen molar-refractivity contribution in [2.75, 3.05) is 55.1 Å². The summed E-state index contributed by atoms with van der Waals surface area (Å²) in [5.41, 5.74) is -2.20. The number of hydrogen-bond acceptors (Lipinski definition) is 6. The van der Waals surface area contributed by atoms with Crippen molar-refractivity contribution < 1.29 is 44.4 Å².